The number of rotatable bonds is 2. The van der Waals surface area contributed by atoms with Crippen LogP contribution in [0.15, 0.2) is 22.7 Å². The lowest BCUT2D eigenvalue weighted by Gasteiger charge is -2.10. The van der Waals surface area contributed by atoms with Gasteiger partial charge in [-0.3, -0.25) is 4.79 Å². The third-order valence-electron chi connectivity index (χ3n) is 3.57. The molecule has 2 rings (SSSR count). The summed E-state index contributed by atoms with van der Waals surface area (Å²) in [5, 5.41) is 0. The summed E-state index contributed by atoms with van der Waals surface area (Å²) < 4.78 is 38.6. The molecule has 6 heteroatoms. The highest BCUT2D eigenvalue weighted by atomic mass is 79.9. The van der Waals surface area contributed by atoms with Gasteiger partial charge >= 0.3 is 6.18 Å². The van der Waals surface area contributed by atoms with Crippen LogP contribution in [-0.4, -0.2) is 10.8 Å². The van der Waals surface area contributed by atoms with E-state index in [9.17, 15) is 18.0 Å². The maximum Gasteiger partial charge on any atom is 0.417 e. The fraction of sp³-hybridized carbons (Fsp3) is 0.267. The number of hydrogen-bond acceptors (Lipinski definition) is 1. The molecule has 0 saturated heterocycles. The van der Waals surface area contributed by atoms with E-state index in [2.05, 4.69) is 20.9 Å². The molecule has 0 radical (unpaired) electrons. The van der Waals surface area contributed by atoms with Gasteiger partial charge in [-0.25, -0.2) is 0 Å². The molecule has 1 aromatic heterocycles. The van der Waals surface area contributed by atoms with Gasteiger partial charge in [-0.05, 0) is 50.1 Å². The number of nitrogens with one attached hydrogen (secondary N) is 1. The summed E-state index contributed by atoms with van der Waals surface area (Å²) in [7, 11) is 0. The minimum atomic E-state index is -4.51. The van der Waals surface area contributed by atoms with Crippen LogP contribution < -0.4 is 0 Å². The molecule has 0 spiro atoms. The predicted octanol–water partition coefficient (Wildman–Crippen LogP) is 4.95. The van der Waals surface area contributed by atoms with E-state index in [-0.39, 0.29) is 10.0 Å². The number of hydrogen-bond donors (Lipinski definition) is 1. The van der Waals surface area contributed by atoms with E-state index < -0.39 is 17.5 Å². The zero-order chi connectivity index (χ0) is 15.9. The Balaban J connectivity index is 2.52. The highest BCUT2D eigenvalue weighted by molar-refractivity contribution is 9.10. The van der Waals surface area contributed by atoms with Crippen LogP contribution >= 0.6 is 15.9 Å². The fourth-order valence-electron chi connectivity index (χ4n) is 2.10. The van der Waals surface area contributed by atoms with E-state index >= 15 is 0 Å². The van der Waals surface area contributed by atoms with Gasteiger partial charge in [-0.15, -0.1) is 0 Å². The number of halogens is 4. The van der Waals surface area contributed by atoms with Gasteiger partial charge in [0.1, 0.15) is 0 Å². The fourth-order valence-corrected chi connectivity index (χ4v) is 2.57. The number of carbonyl (C=O) groups excluding carboxylic acids is 1. The van der Waals surface area contributed by atoms with E-state index in [4.69, 9.17) is 0 Å². The maximum atomic E-state index is 12.9. The van der Waals surface area contributed by atoms with Gasteiger partial charge in [0.2, 0.25) is 5.78 Å². The summed E-state index contributed by atoms with van der Waals surface area (Å²) in [5.41, 5.74) is 2.02. The van der Waals surface area contributed by atoms with E-state index in [1.807, 2.05) is 13.8 Å². The molecule has 0 aliphatic heterocycles. The van der Waals surface area contributed by atoms with Crippen molar-refractivity contribution >= 4 is 21.7 Å². The summed E-state index contributed by atoms with van der Waals surface area (Å²) >= 11 is 2.86. The lowest BCUT2D eigenvalue weighted by atomic mass is 10.0. The average molecular weight is 360 g/mol. The van der Waals surface area contributed by atoms with Crippen molar-refractivity contribution in [3.05, 3.63) is 56.3 Å². The minimum absolute atomic E-state index is 0.00914. The minimum Gasteiger partial charge on any atom is -0.356 e. The molecule has 2 nitrogen and oxygen atoms in total. The molecule has 2 aromatic rings. The maximum absolute atomic E-state index is 12.9. The largest absolute Gasteiger partial charge is 0.417 e. The molecule has 1 N–H and O–H groups in total. The Morgan fingerprint density at radius 3 is 2.24 bits per heavy atom. The number of H-pyrrole nitrogens is 1. The van der Waals surface area contributed by atoms with Crippen LogP contribution in [0.3, 0.4) is 0 Å². The summed E-state index contributed by atoms with van der Waals surface area (Å²) in [6.45, 7) is 5.46. The van der Waals surface area contributed by atoms with Crippen molar-refractivity contribution in [2.75, 3.05) is 0 Å². The first kappa shape index (κ1) is 15.8. The van der Waals surface area contributed by atoms with E-state index in [1.54, 1.807) is 6.92 Å². The Morgan fingerprint density at radius 1 is 1.14 bits per heavy atom. The standard InChI is InChI=1S/C15H13BrF3NO/c1-7-8(2)13(20-9(7)3)14(21)10-4-5-12(16)11(6-10)15(17,18)19/h4-6,20H,1-3H3. The SMILES string of the molecule is Cc1[nH]c(C(=O)c2ccc(Br)c(C(F)(F)F)c2)c(C)c1C. The predicted molar refractivity (Wildman–Crippen MR) is 77.6 cm³/mol. The van der Waals surface area contributed by atoms with Crippen LogP contribution in [0.4, 0.5) is 13.2 Å². The normalized spacial score (nSPS) is 11.8. The van der Waals surface area contributed by atoms with Crippen molar-refractivity contribution < 1.29 is 18.0 Å². The van der Waals surface area contributed by atoms with Crippen molar-refractivity contribution in [2.24, 2.45) is 0 Å². The Hall–Kier alpha value is -1.56. The molecule has 0 unspecified atom stereocenters. The lowest BCUT2D eigenvalue weighted by Crippen LogP contribution is -2.10. The Bertz CT molecular complexity index is 716. The summed E-state index contributed by atoms with van der Waals surface area (Å²) in [6.07, 6.45) is -4.51. The molecule has 1 aromatic carbocycles. The summed E-state index contributed by atoms with van der Waals surface area (Å²) in [6, 6.07) is 3.50. The molecule has 0 saturated carbocycles. The zero-order valence-electron chi connectivity index (χ0n) is 11.7. The zero-order valence-corrected chi connectivity index (χ0v) is 13.2. The van der Waals surface area contributed by atoms with Gasteiger partial charge in [0, 0.05) is 15.7 Å². The molecule has 0 aliphatic carbocycles. The van der Waals surface area contributed by atoms with Gasteiger partial charge in [0.15, 0.2) is 0 Å². The highest BCUT2D eigenvalue weighted by Gasteiger charge is 2.33. The molecule has 0 atom stereocenters. The number of benzene rings is 1. The van der Waals surface area contributed by atoms with Gasteiger partial charge in [-0.2, -0.15) is 13.2 Å². The van der Waals surface area contributed by atoms with Gasteiger partial charge in [0.05, 0.1) is 11.3 Å². The number of aryl methyl sites for hydroxylation is 1. The third kappa shape index (κ3) is 2.90. The number of carbonyl (C=O) groups is 1. The van der Waals surface area contributed by atoms with Crippen molar-refractivity contribution in [1.29, 1.82) is 0 Å². The van der Waals surface area contributed by atoms with Crippen LogP contribution in [0.5, 0.6) is 0 Å². The average Bonchev–Trinajstić information content (AvgIpc) is 2.65. The molecule has 0 fully saturated rings. The van der Waals surface area contributed by atoms with Crippen molar-refractivity contribution in [3.8, 4) is 0 Å². The summed E-state index contributed by atoms with van der Waals surface area (Å²) in [5.74, 6) is -0.443. The summed E-state index contributed by atoms with van der Waals surface area (Å²) in [4.78, 5) is 15.4. The van der Waals surface area contributed by atoms with Crippen LogP contribution in [-0.2, 0) is 6.18 Å². The molecule has 112 valence electrons. The van der Waals surface area contributed by atoms with Crippen molar-refractivity contribution in [3.63, 3.8) is 0 Å². The molecular formula is C15H13BrF3NO. The van der Waals surface area contributed by atoms with Gasteiger partial charge < -0.3 is 4.98 Å². The monoisotopic (exact) mass is 359 g/mol. The molecule has 21 heavy (non-hydrogen) atoms. The molecule has 1 heterocycles. The molecule has 0 amide bonds. The molecular weight excluding hydrogens is 347 g/mol. The number of aromatic amines is 1. The first-order valence-corrected chi connectivity index (χ1v) is 6.99. The van der Waals surface area contributed by atoms with Crippen LogP contribution in [0.1, 0.15) is 38.4 Å². The number of aromatic nitrogens is 1. The Labute approximate surface area is 128 Å². The molecule has 0 bridgehead atoms. The second kappa shape index (κ2) is 5.33. The third-order valence-corrected chi connectivity index (χ3v) is 4.27. The second-order valence-corrected chi connectivity index (χ2v) is 5.75. The van der Waals surface area contributed by atoms with E-state index in [1.165, 1.54) is 12.1 Å². The van der Waals surface area contributed by atoms with Crippen LogP contribution in [0, 0.1) is 20.8 Å². The molecule has 0 aliphatic rings. The van der Waals surface area contributed by atoms with Gasteiger partial charge in [-0.1, -0.05) is 15.9 Å². The Kier molecular flexibility index (Phi) is 4.02. The van der Waals surface area contributed by atoms with Crippen LogP contribution in [0.25, 0.3) is 0 Å². The lowest BCUT2D eigenvalue weighted by molar-refractivity contribution is -0.138. The Morgan fingerprint density at radius 2 is 1.76 bits per heavy atom. The van der Waals surface area contributed by atoms with Crippen molar-refractivity contribution in [2.45, 2.75) is 26.9 Å². The van der Waals surface area contributed by atoms with Crippen molar-refractivity contribution in [1.82, 2.24) is 4.98 Å². The van der Waals surface area contributed by atoms with Crippen LogP contribution in [0.2, 0.25) is 0 Å². The van der Waals surface area contributed by atoms with Gasteiger partial charge in [0.25, 0.3) is 0 Å². The first-order valence-electron chi connectivity index (χ1n) is 6.20. The topological polar surface area (TPSA) is 32.9 Å². The highest BCUT2D eigenvalue weighted by Crippen LogP contribution is 2.35. The second-order valence-electron chi connectivity index (χ2n) is 4.90. The first-order chi connectivity index (χ1) is 9.62. The smallest absolute Gasteiger partial charge is 0.356 e. The number of ketones is 1. The quantitative estimate of drug-likeness (QED) is 0.755. The van der Waals surface area contributed by atoms with E-state index in [0.29, 0.717) is 5.69 Å². The number of alkyl halides is 3. The van der Waals surface area contributed by atoms with E-state index in [0.717, 1.165) is 22.9 Å².